The molecule has 0 spiro atoms. The molecule has 5 heteroatoms. The van der Waals surface area contributed by atoms with Crippen molar-refractivity contribution in [2.45, 2.75) is 26.3 Å². The van der Waals surface area contributed by atoms with Crippen LogP contribution in [0.2, 0.25) is 0 Å². The van der Waals surface area contributed by atoms with E-state index in [9.17, 15) is 4.79 Å². The van der Waals surface area contributed by atoms with E-state index in [-0.39, 0.29) is 5.91 Å². The van der Waals surface area contributed by atoms with Crippen LogP contribution in [-0.4, -0.2) is 22.6 Å². The molecule has 5 nitrogen and oxygen atoms in total. The number of benzene rings is 2. The van der Waals surface area contributed by atoms with Crippen LogP contribution >= 0.6 is 0 Å². The van der Waals surface area contributed by atoms with Crippen LogP contribution in [0.1, 0.15) is 33.6 Å². The molecule has 1 aromatic heterocycles. The third kappa shape index (κ3) is 5.92. The Morgan fingerprint density at radius 2 is 1.67 bits per heavy atom. The Morgan fingerprint density at radius 3 is 2.37 bits per heavy atom. The second-order valence-electron chi connectivity index (χ2n) is 6.49. The Morgan fingerprint density at radius 1 is 0.889 bits per heavy atom. The largest absolute Gasteiger partial charge is 0.365 e. The summed E-state index contributed by atoms with van der Waals surface area (Å²) >= 11 is 0. The van der Waals surface area contributed by atoms with E-state index >= 15 is 0 Å². The SMILES string of the molecule is Cc1ccc(CNc2ccc(C(=O)NCCCc3ccccc3)nn2)cc1. The molecule has 138 valence electrons. The summed E-state index contributed by atoms with van der Waals surface area (Å²) in [6.07, 6.45) is 1.83. The van der Waals surface area contributed by atoms with Gasteiger partial charge in [0, 0.05) is 13.1 Å². The fourth-order valence-electron chi connectivity index (χ4n) is 2.68. The normalized spacial score (nSPS) is 10.4. The summed E-state index contributed by atoms with van der Waals surface area (Å²) in [5, 5.41) is 14.2. The fourth-order valence-corrected chi connectivity index (χ4v) is 2.68. The highest BCUT2D eigenvalue weighted by atomic mass is 16.1. The van der Waals surface area contributed by atoms with Gasteiger partial charge >= 0.3 is 0 Å². The number of anilines is 1. The van der Waals surface area contributed by atoms with Gasteiger partial charge in [0.05, 0.1) is 0 Å². The summed E-state index contributed by atoms with van der Waals surface area (Å²) in [6, 6.07) is 22.0. The van der Waals surface area contributed by atoms with Gasteiger partial charge in [0.15, 0.2) is 5.69 Å². The summed E-state index contributed by atoms with van der Waals surface area (Å²) in [6.45, 7) is 3.34. The number of carbonyl (C=O) groups is 1. The van der Waals surface area contributed by atoms with Gasteiger partial charge in [-0.15, -0.1) is 10.2 Å². The van der Waals surface area contributed by atoms with E-state index in [0.717, 1.165) is 12.8 Å². The molecular formula is C22H24N4O. The van der Waals surface area contributed by atoms with Crippen LogP contribution in [0.5, 0.6) is 0 Å². The van der Waals surface area contributed by atoms with Crippen molar-refractivity contribution in [3.05, 3.63) is 89.1 Å². The molecule has 0 aliphatic heterocycles. The first kappa shape index (κ1) is 18.6. The zero-order valence-corrected chi connectivity index (χ0v) is 15.5. The predicted octanol–water partition coefficient (Wildman–Crippen LogP) is 3.76. The van der Waals surface area contributed by atoms with Gasteiger partial charge in [-0.05, 0) is 43.0 Å². The Balaban J connectivity index is 1.42. The van der Waals surface area contributed by atoms with E-state index in [1.165, 1.54) is 16.7 Å². The molecule has 2 N–H and O–H groups in total. The summed E-state index contributed by atoms with van der Waals surface area (Å²) in [4.78, 5) is 12.1. The van der Waals surface area contributed by atoms with E-state index in [4.69, 9.17) is 0 Å². The lowest BCUT2D eigenvalue weighted by Gasteiger charge is -2.07. The van der Waals surface area contributed by atoms with Gasteiger partial charge in [-0.2, -0.15) is 0 Å². The Hall–Kier alpha value is -3.21. The van der Waals surface area contributed by atoms with Crippen molar-refractivity contribution in [1.82, 2.24) is 15.5 Å². The lowest BCUT2D eigenvalue weighted by Crippen LogP contribution is -2.26. The number of carbonyl (C=O) groups excluding carboxylic acids is 1. The van der Waals surface area contributed by atoms with E-state index in [0.29, 0.717) is 24.6 Å². The Kier molecular flexibility index (Phi) is 6.52. The molecule has 0 aliphatic rings. The van der Waals surface area contributed by atoms with E-state index < -0.39 is 0 Å². The zero-order valence-electron chi connectivity index (χ0n) is 15.5. The van der Waals surface area contributed by atoms with Gasteiger partial charge in [0.25, 0.3) is 5.91 Å². The van der Waals surface area contributed by atoms with Gasteiger partial charge in [0.1, 0.15) is 5.82 Å². The van der Waals surface area contributed by atoms with Gasteiger partial charge in [-0.3, -0.25) is 4.79 Å². The van der Waals surface area contributed by atoms with Crippen molar-refractivity contribution >= 4 is 11.7 Å². The van der Waals surface area contributed by atoms with Gasteiger partial charge in [-0.1, -0.05) is 60.2 Å². The first-order chi connectivity index (χ1) is 13.2. The second kappa shape index (κ2) is 9.48. The standard InChI is InChI=1S/C22H24N4O/c1-17-9-11-19(12-10-17)16-24-21-14-13-20(25-26-21)22(27)23-15-5-8-18-6-3-2-4-7-18/h2-4,6-7,9-14H,5,8,15-16H2,1H3,(H,23,27)(H,24,26). The van der Waals surface area contributed by atoms with E-state index in [2.05, 4.69) is 64.2 Å². The summed E-state index contributed by atoms with van der Waals surface area (Å²) in [5.74, 6) is 0.455. The number of hydrogen-bond donors (Lipinski definition) is 2. The molecule has 2 aromatic carbocycles. The Labute approximate surface area is 159 Å². The van der Waals surface area contributed by atoms with Crippen LogP contribution in [0.15, 0.2) is 66.7 Å². The van der Waals surface area contributed by atoms with Crippen LogP contribution in [0.25, 0.3) is 0 Å². The van der Waals surface area contributed by atoms with Crippen LogP contribution in [0, 0.1) is 6.92 Å². The summed E-state index contributed by atoms with van der Waals surface area (Å²) < 4.78 is 0. The molecule has 0 bridgehead atoms. The summed E-state index contributed by atoms with van der Waals surface area (Å²) in [5.41, 5.74) is 4.01. The number of aryl methyl sites for hydroxylation is 2. The molecule has 0 saturated heterocycles. The number of hydrogen-bond acceptors (Lipinski definition) is 4. The monoisotopic (exact) mass is 360 g/mol. The molecule has 0 radical (unpaired) electrons. The third-order valence-electron chi connectivity index (χ3n) is 4.26. The minimum atomic E-state index is -0.194. The molecule has 3 aromatic rings. The molecule has 0 aliphatic carbocycles. The minimum absolute atomic E-state index is 0.194. The van der Waals surface area contributed by atoms with Gasteiger partial charge in [-0.25, -0.2) is 0 Å². The average molecular weight is 360 g/mol. The maximum Gasteiger partial charge on any atom is 0.271 e. The molecule has 1 heterocycles. The molecule has 0 fully saturated rings. The molecule has 0 atom stereocenters. The van der Waals surface area contributed by atoms with Crippen LogP contribution in [0.4, 0.5) is 5.82 Å². The molecule has 1 amide bonds. The van der Waals surface area contributed by atoms with Gasteiger partial charge in [0.2, 0.25) is 0 Å². The van der Waals surface area contributed by atoms with E-state index in [1.807, 2.05) is 18.2 Å². The molecule has 27 heavy (non-hydrogen) atoms. The van der Waals surface area contributed by atoms with Gasteiger partial charge < -0.3 is 10.6 Å². The van der Waals surface area contributed by atoms with Crippen molar-refractivity contribution in [1.29, 1.82) is 0 Å². The number of nitrogens with one attached hydrogen (secondary N) is 2. The summed E-state index contributed by atoms with van der Waals surface area (Å²) in [7, 11) is 0. The third-order valence-corrected chi connectivity index (χ3v) is 4.26. The number of nitrogens with zero attached hydrogens (tertiary/aromatic N) is 2. The maximum absolute atomic E-state index is 12.1. The zero-order chi connectivity index (χ0) is 18.9. The van der Waals surface area contributed by atoms with Crippen LogP contribution in [-0.2, 0) is 13.0 Å². The molecule has 0 unspecified atom stereocenters. The maximum atomic E-state index is 12.1. The number of rotatable bonds is 8. The minimum Gasteiger partial charge on any atom is -0.365 e. The first-order valence-electron chi connectivity index (χ1n) is 9.16. The van der Waals surface area contributed by atoms with Crippen molar-refractivity contribution in [2.75, 3.05) is 11.9 Å². The highest BCUT2D eigenvalue weighted by molar-refractivity contribution is 5.92. The molecular weight excluding hydrogens is 336 g/mol. The fraction of sp³-hybridized carbons (Fsp3) is 0.227. The highest BCUT2D eigenvalue weighted by Gasteiger charge is 2.07. The second-order valence-corrected chi connectivity index (χ2v) is 6.49. The molecule has 0 saturated carbocycles. The van der Waals surface area contributed by atoms with Crippen molar-refractivity contribution in [3.63, 3.8) is 0 Å². The lowest BCUT2D eigenvalue weighted by molar-refractivity contribution is 0.0947. The molecule has 3 rings (SSSR count). The van der Waals surface area contributed by atoms with Crippen molar-refractivity contribution < 1.29 is 4.79 Å². The lowest BCUT2D eigenvalue weighted by atomic mass is 10.1. The Bertz CT molecular complexity index is 846. The van der Waals surface area contributed by atoms with Crippen molar-refractivity contribution in [2.24, 2.45) is 0 Å². The first-order valence-corrected chi connectivity index (χ1v) is 9.16. The van der Waals surface area contributed by atoms with Crippen LogP contribution < -0.4 is 10.6 Å². The van der Waals surface area contributed by atoms with Crippen LogP contribution in [0.3, 0.4) is 0 Å². The topological polar surface area (TPSA) is 66.9 Å². The smallest absolute Gasteiger partial charge is 0.271 e. The van der Waals surface area contributed by atoms with E-state index in [1.54, 1.807) is 12.1 Å². The predicted molar refractivity (Wildman–Crippen MR) is 108 cm³/mol. The van der Waals surface area contributed by atoms with Crippen molar-refractivity contribution in [3.8, 4) is 0 Å². The number of aromatic nitrogens is 2. The average Bonchev–Trinajstić information content (AvgIpc) is 2.72. The number of amides is 1. The highest BCUT2D eigenvalue weighted by Crippen LogP contribution is 2.08. The quantitative estimate of drug-likeness (QED) is 0.600.